The minimum Gasteiger partial charge on any atom is -0.496 e. The molecule has 0 fully saturated rings. The summed E-state index contributed by atoms with van der Waals surface area (Å²) in [7, 11) is 1.64. The Morgan fingerprint density at radius 1 is 1.40 bits per heavy atom. The Balaban J connectivity index is 2.45. The van der Waals surface area contributed by atoms with Gasteiger partial charge >= 0.3 is 0 Å². The third kappa shape index (κ3) is 2.78. The van der Waals surface area contributed by atoms with Crippen LogP contribution in [0, 0.1) is 11.3 Å². The second-order valence-electron chi connectivity index (χ2n) is 4.14. The molecule has 1 aromatic carbocycles. The van der Waals surface area contributed by atoms with Gasteiger partial charge in [-0.2, -0.15) is 5.26 Å². The summed E-state index contributed by atoms with van der Waals surface area (Å²) < 4.78 is 7.37. The molecule has 0 saturated heterocycles. The number of hydrogen-bond donors (Lipinski definition) is 0. The number of benzene rings is 1. The summed E-state index contributed by atoms with van der Waals surface area (Å²) in [6, 6.07) is 9.91. The molecule has 0 aliphatic rings. The van der Waals surface area contributed by atoms with Gasteiger partial charge in [-0.15, -0.1) is 10.2 Å². The van der Waals surface area contributed by atoms with E-state index in [-0.39, 0.29) is 5.25 Å². The largest absolute Gasteiger partial charge is 0.496 e. The van der Waals surface area contributed by atoms with Crippen LogP contribution in [0.3, 0.4) is 0 Å². The number of hydrogen-bond acceptors (Lipinski definition) is 5. The van der Waals surface area contributed by atoms with Gasteiger partial charge in [0.1, 0.15) is 5.75 Å². The third-order valence-electron chi connectivity index (χ3n) is 2.84. The zero-order chi connectivity index (χ0) is 14.5. The van der Waals surface area contributed by atoms with E-state index < -0.39 is 0 Å². The first-order chi connectivity index (χ1) is 9.71. The van der Waals surface area contributed by atoms with Gasteiger partial charge in [-0.1, -0.05) is 23.9 Å². The number of methoxy groups -OCH3 is 1. The van der Waals surface area contributed by atoms with E-state index in [9.17, 15) is 0 Å². The van der Waals surface area contributed by atoms with Crippen LogP contribution < -0.4 is 4.74 Å². The highest BCUT2D eigenvalue weighted by atomic mass is 32.2. The van der Waals surface area contributed by atoms with Crippen LogP contribution in [-0.2, 0) is 6.54 Å². The van der Waals surface area contributed by atoms with Crippen LogP contribution in [0.2, 0.25) is 0 Å². The molecule has 0 amide bonds. The molecular formula is C14H16N4OS. The van der Waals surface area contributed by atoms with Gasteiger partial charge in [-0.05, 0) is 26.0 Å². The summed E-state index contributed by atoms with van der Waals surface area (Å²) in [6.07, 6.45) is 0. The fourth-order valence-corrected chi connectivity index (χ4v) is 2.67. The Labute approximate surface area is 122 Å². The Hall–Kier alpha value is -2.00. The number of thioether (sulfide) groups is 1. The van der Waals surface area contributed by atoms with Crippen molar-refractivity contribution in [3.63, 3.8) is 0 Å². The minimum absolute atomic E-state index is 0.157. The van der Waals surface area contributed by atoms with Crippen molar-refractivity contribution in [1.29, 1.82) is 5.26 Å². The third-order valence-corrected chi connectivity index (χ3v) is 3.82. The van der Waals surface area contributed by atoms with Crippen molar-refractivity contribution >= 4 is 11.8 Å². The van der Waals surface area contributed by atoms with Gasteiger partial charge in [0.25, 0.3) is 0 Å². The van der Waals surface area contributed by atoms with Crippen LogP contribution in [0.15, 0.2) is 29.4 Å². The molecule has 20 heavy (non-hydrogen) atoms. The van der Waals surface area contributed by atoms with Crippen LogP contribution in [-0.4, -0.2) is 27.1 Å². The second kappa shape index (κ2) is 6.44. The highest BCUT2D eigenvalue weighted by Crippen LogP contribution is 2.31. The molecule has 0 N–H and O–H groups in total. The van der Waals surface area contributed by atoms with Gasteiger partial charge in [0, 0.05) is 6.54 Å². The average molecular weight is 288 g/mol. The molecule has 0 bridgehead atoms. The predicted molar refractivity (Wildman–Crippen MR) is 78.6 cm³/mol. The average Bonchev–Trinajstić information content (AvgIpc) is 2.89. The van der Waals surface area contributed by atoms with E-state index >= 15 is 0 Å². The van der Waals surface area contributed by atoms with Crippen LogP contribution in [0.25, 0.3) is 11.4 Å². The second-order valence-corrected chi connectivity index (χ2v) is 5.45. The summed E-state index contributed by atoms with van der Waals surface area (Å²) in [6.45, 7) is 4.62. The monoisotopic (exact) mass is 288 g/mol. The molecule has 1 heterocycles. The van der Waals surface area contributed by atoms with Crippen molar-refractivity contribution in [2.24, 2.45) is 0 Å². The summed E-state index contributed by atoms with van der Waals surface area (Å²) in [5.74, 6) is 1.53. The lowest BCUT2D eigenvalue weighted by molar-refractivity contribution is 0.416. The van der Waals surface area contributed by atoms with Gasteiger partial charge in [0.2, 0.25) is 0 Å². The highest BCUT2D eigenvalue weighted by molar-refractivity contribution is 8.00. The Bertz CT molecular complexity index is 632. The summed E-state index contributed by atoms with van der Waals surface area (Å²) >= 11 is 1.41. The molecule has 0 aliphatic carbocycles. The fraction of sp³-hybridized carbons (Fsp3) is 0.357. The van der Waals surface area contributed by atoms with Gasteiger partial charge in [0.05, 0.1) is 24.0 Å². The van der Waals surface area contributed by atoms with Crippen molar-refractivity contribution in [2.45, 2.75) is 30.8 Å². The molecule has 0 saturated carbocycles. The zero-order valence-electron chi connectivity index (χ0n) is 11.7. The normalized spacial score (nSPS) is 11.9. The molecule has 1 atom stereocenters. The van der Waals surface area contributed by atoms with Gasteiger partial charge in [-0.3, -0.25) is 0 Å². The molecular weight excluding hydrogens is 272 g/mol. The number of aromatic nitrogens is 3. The van der Waals surface area contributed by atoms with E-state index in [4.69, 9.17) is 10.00 Å². The molecule has 5 nitrogen and oxygen atoms in total. The number of nitriles is 1. The predicted octanol–water partition coefficient (Wildman–Crippen LogP) is 2.98. The highest BCUT2D eigenvalue weighted by Gasteiger charge is 2.17. The Kier molecular flexibility index (Phi) is 4.64. The van der Waals surface area contributed by atoms with Crippen LogP contribution in [0.4, 0.5) is 0 Å². The van der Waals surface area contributed by atoms with Crippen molar-refractivity contribution in [1.82, 2.24) is 14.8 Å². The fourth-order valence-electron chi connectivity index (χ4n) is 1.87. The maximum Gasteiger partial charge on any atom is 0.192 e. The van der Waals surface area contributed by atoms with E-state index in [1.165, 1.54) is 11.8 Å². The van der Waals surface area contributed by atoms with Gasteiger partial charge in [0.15, 0.2) is 11.0 Å². The van der Waals surface area contributed by atoms with E-state index in [0.29, 0.717) is 0 Å². The van der Waals surface area contributed by atoms with Crippen LogP contribution in [0.1, 0.15) is 13.8 Å². The zero-order valence-corrected chi connectivity index (χ0v) is 12.5. The first-order valence-corrected chi connectivity index (χ1v) is 7.22. The Morgan fingerprint density at radius 2 is 2.15 bits per heavy atom. The molecule has 1 aromatic heterocycles. The molecule has 0 unspecified atom stereocenters. The van der Waals surface area contributed by atoms with Crippen molar-refractivity contribution < 1.29 is 4.74 Å². The molecule has 0 aliphatic heterocycles. The van der Waals surface area contributed by atoms with Crippen molar-refractivity contribution in [3.8, 4) is 23.2 Å². The first-order valence-electron chi connectivity index (χ1n) is 6.34. The number of nitrogens with zero attached hydrogens (tertiary/aromatic N) is 4. The lowest BCUT2D eigenvalue weighted by Crippen LogP contribution is -2.02. The number of para-hydroxylation sites is 1. The van der Waals surface area contributed by atoms with E-state index in [2.05, 4.69) is 16.3 Å². The van der Waals surface area contributed by atoms with E-state index in [0.717, 1.165) is 28.8 Å². The number of ether oxygens (including phenoxy) is 1. The number of rotatable bonds is 5. The summed E-state index contributed by atoms with van der Waals surface area (Å²) in [4.78, 5) is 0. The lowest BCUT2D eigenvalue weighted by Gasteiger charge is -2.10. The van der Waals surface area contributed by atoms with E-state index in [1.54, 1.807) is 7.11 Å². The van der Waals surface area contributed by atoms with Gasteiger partial charge < -0.3 is 9.30 Å². The first kappa shape index (κ1) is 14.4. The van der Waals surface area contributed by atoms with Gasteiger partial charge in [-0.25, -0.2) is 0 Å². The molecule has 2 rings (SSSR count). The molecule has 6 heteroatoms. The molecule has 0 spiro atoms. The molecule has 0 radical (unpaired) electrons. The summed E-state index contributed by atoms with van der Waals surface area (Å²) in [5, 5.41) is 18.0. The maximum atomic E-state index is 8.92. The minimum atomic E-state index is -0.157. The van der Waals surface area contributed by atoms with Crippen LogP contribution >= 0.6 is 11.8 Å². The summed E-state index contributed by atoms with van der Waals surface area (Å²) in [5.41, 5.74) is 0.904. The Morgan fingerprint density at radius 3 is 2.80 bits per heavy atom. The quantitative estimate of drug-likeness (QED) is 0.791. The van der Waals surface area contributed by atoms with Crippen molar-refractivity contribution in [2.75, 3.05) is 7.11 Å². The lowest BCUT2D eigenvalue weighted by atomic mass is 10.2. The smallest absolute Gasteiger partial charge is 0.192 e. The molecule has 104 valence electrons. The van der Waals surface area contributed by atoms with E-state index in [1.807, 2.05) is 42.7 Å². The topological polar surface area (TPSA) is 63.7 Å². The standard InChI is InChI=1S/C14H16N4OS/c1-4-18-13(11-7-5-6-8-12(11)19-3)16-17-14(18)20-10(2)9-15/h5-8,10H,4H2,1-3H3/t10-/m0/s1. The van der Waals surface area contributed by atoms with Crippen molar-refractivity contribution in [3.05, 3.63) is 24.3 Å². The van der Waals surface area contributed by atoms with Crippen LogP contribution in [0.5, 0.6) is 5.75 Å². The molecule has 2 aromatic rings. The maximum absolute atomic E-state index is 8.92. The SMILES string of the molecule is CCn1c(S[C@@H](C)C#N)nnc1-c1ccccc1OC.